The van der Waals surface area contributed by atoms with Crippen molar-refractivity contribution in [2.75, 3.05) is 0 Å². The first kappa shape index (κ1) is 19.4. The molecular formula is C23H19N3O4. The number of pyridine rings is 2. The summed E-state index contributed by atoms with van der Waals surface area (Å²) in [6.07, 6.45) is 3.38. The summed E-state index contributed by atoms with van der Waals surface area (Å²) < 4.78 is 7.58. The molecule has 2 aromatic carbocycles. The fourth-order valence-corrected chi connectivity index (χ4v) is 3.37. The van der Waals surface area contributed by atoms with Gasteiger partial charge in [-0.3, -0.25) is 19.8 Å². The van der Waals surface area contributed by atoms with Crippen LogP contribution in [0.3, 0.4) is 0 Å². The molecule has 0 aliphatic heterocycles. The Hall–Kier alpha value is -3.97. The number of aromatic nitrogens is 2. The maximum atomic E-state index is 13.1. The smallest absolute Gasteiger partial charge is 0.293 e. The van der Waals surface area contributed by atoms with Crippen LogP contribution < -0.4 is 15.8 Å². The number of ether oxygens (including phenoxy) is 1. The maximum absolute atomic E-state index is 13.1. The van der Waals surface area contributed by atoms with Gasteiger partial charge in [0, 0.05) is 41.5 Å². The van der Waals surface area contributed by atoms with Crippen LogP contribution in [0.4, 0.5) is 0 Å². The van der Waals surface area contributed by atoms with Gasteiger partial charge in [0.2, 0.25) is 0 Å². The standard InChI is InChI=1S/C23H19N3O4/c1-26-19-7-3-2-6-18(19)20(17-5-4-12-24-13-17)21(23(26)28)30-14-15-8-10-16(11-9-15)22(27)25-29/h2-13,29H,14H2,1H3,(H,25,27). The van der Waals surface area contributed by atoms with Gasteiger partial charge in [-0.15, -0.1) is 0 Å². The minimum absolute atomic E-state index is 0.141. The lowest BCUT2D eigenvalue weighted by atomic mass is 10.0. The van der Waals surface area contributed by atoms with Crippen molar-refractivity contribution in [3.05, 3.63) is 94.5 Å². The van der Waals surface area contributed by atoms with Gasteiger partial charge in [-0.1, -0.05) is 36.4 Å². The summed E-state index contributed by atoms with van der Waals surface area (Å²) in [6.45, 7) is 0.141. The van der Waals surface area contributed by atoms with Gasteiger partial charge in [0.25, 0.3) is 11.5 Å². The fraction of sp³-hybridized carbons (Fsp3) is 0.0870. The lowest BCUT2D eigenvalue weighted by Crippen LogP contribution is -2.21. The Balaban J connectivity index is 1.78. The average Bonchev–Trinajstić information content (AvgIpc) is 2.81. The molecule has 0 fully saturated rings. The molecule has 0 spiro atoms. The molecule has 2 aromatic heterocycles. The van der Waals surface area contributed by atoms with Crippen LogP contribution in [0.5, 0.6) is 5.75 Å². The molecule has 2 heterocycles. The molecule has 30 heavy (non-hydrogen) atoms. The third kappa shape index (κ3) is 3.54. The number of para-hydroxylation sites is 1. The number of aryl methyl sites for hydroxylation is 1. The maximum Gasteiger partial charge on any atom is 0.293 e. The summed E-state index contributed by atoms with van der Waals surface area (Å²) in [5, 5.41) is 9.61. The molecule has 7 heteroatoms. The van der Waals surface area contributed by atoms with Crippen LogP contribution >= 0.6 is 0 Å². The van der Waals surface area contributed by atoms with E-state index in [4.69, 9.17) is 9.94 Å². The van der Waals surface area contributed by atoms with E-state index in [1.165, 1.54) is 0 Å². The number of hydrogen-bond donors (Lipinski definition) is 2. The van der Waals surface area contributed by atoms with E-state index in [1.807, 2.05) is 36.4 Å². The van der Waals surface area contributed by atoms with Crippen molar-refractivity contribution in [2.45, 2.75) is 6.61 Å². The van der Waals surface area contributed by atoms with Crippen molar-refractivity contribution < 1.29 is 14.7 Å². The van der Waals surface area contributed by atoms with Gasteiger partial charge in [-0.25, -0.2) is 5.48 Å². The van der Waals surface area contributed by atoms with Gasteiger partial charge >= 0.3 is 0 Å². The number of rotatable bonds is 5. The van der Waals surface area contributed by atoms with E-state index in [2.05, 4.69) is 4.98 Å². The number of hydroxylamine groups is 1. The van der Waals surface area contributed by atoms with E-state index in [9.17, 15) is 9.59 Å². The van der Waals surface area contributed by atoms with Gasteiger partial charge in [-0.2, -0.15) is 0 Å². The molecule has 0 radical (unpaired) electrons. The molecule has 150 valence electrons. The van der Waals surface area contributed by atoms with E-state index in [-0.39, 0.29) is 17.9 Å². The molecule has 4 rings (SSSR count). The zero-order chi connectivity index (χ0) is 21.1. The number of nitrogens with one attached hydrogen (secondary N) is 1. The molecule has 0 unspecified atom stereocenters. The topological polar surface area (TPSA) is 93.5 Å². The van der Waals surface area contributed by atoms with E-state index in [1.54, 1.807) is 53.8 Å². The van der Waals surface area contributed by atoms with Gasteiger partial charge in [-0.05, 0) is 29.8 Å². The number of carbonyl (C=O) groups excluding carboxylic acids is 1. The summed E-state index contributed by atoms with van der Waals surface area (Å²) in [5.74, 6) is -0.355. The number of nitrogens with zero attached hydrogens (tertiary/aromatic N) is 2. The van der Waals surface area contributed by atoms with Crippen LogP contribution in [0, 0.1) is 0 Å². The molecule has 0 aliphatic carbocycles. The molecule has 0 saturated heterocycles. The van der Waals surface area contributed by atoms with E-state index < -0.39 is 5.91 Å². The first-order chi connectivity index (χ1) is 14.6. The number of hydrogen-bond acceptors (Lipinski definition) is 5. The summed E-state index contributed by atoms with van der Waals surface area (Å²) in [7, 11) is 1.72. The van der Waals surface area contributed by atoms with Gasteiger partial charge < -0.3 is 9.30 Å². The zero-order valence-corrected chi connectivity index (χ0v) is 16.2. The second kappa shape index (κ2) is 8.18. The Morgan fingerprint density at radius 1 is 1.10 bits per heavy atom. The van der Waals surface area contributed by atoms with Crippen LogP contribution in [-0.4, -0.2) is 20.7 Å². The molecule has 0 atom stereocenters. The van der Waals surface area contributed by atoms with Gasteiger partial charge in [0.05, 0.1) is 5.52 Å². The van der Waals surface area contributed by atoms with Crippen LogP contribution in [0.15, 0.2) is 77.9 Å². The first-order valence-corrected chi connectivity index (χ1v) is 9.28. The molecule has 0 aliphatic rings. The Morgan fingerprint density at radius 2 is 1.87 bits per heavy atom. The number of carbonyl (C=O) groups is 1. The highest BCUT2D eigenvalue weighted by Crippen LogP contribution is 2.34. The second-order valence-corrected chi connectivity index (χ2v) is 6.75. The summed E-state index contributed by atoms with van der Waals surface area (Å²) >= 11 is 0. The quantitative estimate of drug-likeness (QED) is 0.395. The molecule has 4 aromatic rings. The van der Waals surface area contributed by atoms with E-state index >= 15 is 0 Å². The number of fused-ring (bicyclic) bond motifs is 1. The normalized spacial score (nSPS) is 10.7. The Bertz CT molecular complexity index is 1270. The minimum atomic E-state index is -0.593. The lowest BCUT2D eigenvalue weighted by molar-refractivity contribution is 0.0706. The summed E-state index contributed by atoms with van der Waals surface area (Å²) in [6, 6.07) is 17.9. The van der Waals surface area contributed by atoms with Crippen molar-refractivity contribution in [1.29, 1.82) is 0 Å². The van der Waals surface area contributed by atoms with Crippen molar-refractivity contribution >= 4 is 16.8 Å². The highest BCUT2D eigenvalue weighted by Gasteiger charge is 2.18. The van der Waals surface area contributed by atoms with Crippen molar-refractivity contribution in [1.82, 2.24) is 15.0 Å². The molecule has 0 saturated carbocycles. The monoisotopic (exact) mass is 401 g/mol. The van der Waals surface area contributed by atoms with E-state index in [0.29, 0.717) is 11.1 Å². The van der Waals surface area contributed by atoms with Crippen LogP contribution in [0.1, 0.15) is 15.9 Å². The second-order valence-electron chi connectivity index (χ2n) is 6.75. The SMILES string of the molecule is Cn1c(=O)c(OCc2ccc(C(=O)NO)cc2)c(-c2cccnc2)c2ccccc21. The van der Waals surface area contributed by atoms with Crippen LogP contribution in [0.25, 0.3) is 22.0 Å². The largest absolute Gasteiger partial charge is 0.483 e. The van der Waals surface area contributed by atoms with Crippen molar-refractivity contribution in [3.63, 3.8) is 0 Å². The summed E-state index contributed by atoms with van der Waals surface area (Å²) in [5.41, 5.74) is 4.72. The minimum Gasteiger partial charge on any atom is -0.483 e. The lowest BCUT2D eigenvalue weighted by Gasteiger charge is -2.16. The first-order valence-electron chi connectivity index (χ1n) is 9.28. The van der Waals surface area contributed by atoms with Crippen LogP contribution in [0.2, 0.25) is 0 Å². The number of benzene rings is 2. The molecule has 1 amide bonds. The van der Waals surface area contributed by atoms with Crippen molar-refractivity contribution in [2.24, 2.45) is 7.05 Å². The van der Waals surface area contributed by atoms with Gasteiger partial charge in [0.1, 0.15) is 6.61 Å². The van der Waals surface area contributed by atoms with Gasteiger partial charge in [0.15, 0.2) is 5.75 Å². The average molecular weight is 401 g/mol. The molecule has 0 bridgehead atoms. The Morgan fingerprint density at radius 3 is 2.57 bits per heavy atom. The zero-order valence-electron chi connectivity index (χ0n) is 16.2. The Kier molecular flexibility index (Phi) is 5.28. The highest BCUT2D eigenvalue weighted by atomic mass is 16.5. The third-order valence-electron chi connectivity index (χ3n) is 4.91. The number of amides is 1. The molecule has 2 N–H and O–H groups in total. The third-order valence-corrected chi connectivity index (χ3v) is 4.91. The van der Waals surface area contributed by atoms with Crippen molar-refractivity contribution in [3.8, 4) is 16.9 Å². The highest BCUT2D eigenvalue weighted by molar-refractivity contribution is 5.97. The van der Waals surface area contributed by atoms with E-state index in [0.717, 1.165) is 22.0 Å². The predicted molar refractivity (Wildman–Crippen MR) is 112 cm³/mol. The molecular weight excluding hydrogens is 382 g/mol. The molecule has 7 nitrogen and oxygen atoms in total. The summed E-state index contributed by atoms with van der Waals surface area (Å²) in [4.78, 5) is 28.8. The predicted octanol–water partition coefficient (Wildman–Crippen LogP) is 3.30. The van der Waals surface area contributed by atoms with Crippen LogP contribution in [-0.2, 0) is 13.7 Å². The Labute approximate surface area is 172 Å². The fourth-order valence-electron chi connectivity index (χ4n) is 3.37.